The average Bonchev–Trinajstić information content (AvgIpc) is 2.73. The van der Waals surface area contributed by atoms with Crippen LogP contribution in [0.15, 0.2) is 12.0 Å². The Kier molecular flexibility index (Phi) is 6.11. The predicted molar refractivity (Wildman–Crippen MR) is 69.6 cm³/mol. The molecule has 1 aromatic rings. The molecule has 1 heterocycles. The number of aromatic nitrogens is 1. The van der Waals surface area contributed by atoms with E-state index < -0.39 is 0 Å². The molecular formula is C12H20N2OS. The highest BCUT2D eigenvalue weighted by molar-refractivity contribution is 7.09. The first-order chi connectivity index (χ1) is 7.77. The van der Waals surface area contributed by atoms with Crippen LogP contribution in [0, 0.1) is 0 Å². The third-order valence-electron chi connectivity index (χ3n) is 2.10. The molecule has 0 radical (unpaired) electrons. The van der Waals surface area contributed by atoms with Crippen molar-refractivity contribution in [3.8, 4) is 0 Å². The van der Waals surface area contributed by atoms with E-state index in [1.165, 1.54) is 6.42 Å². The lowest BCUT2D eigenvalue weighted by Gasteiger charge is -2.02. The number of ether oxygens (including phenoxy) is 1. The van der Waals surface area contributed by atoms with Crippen molar-refractivity contribution in [1.29, 1.82) is 0 Å². The van der Waals surface area contributed by atoms with Gasteiger partial charge < -0.3 is 10.1 Å². The summed E-state index contributed by atoms with van der Waals surface area (Å²) in [6.45, 7) is 10.7. The average molecular weight is 240 g/mol. The van der Waals surface area contributed by atoms with E-state index in [1.807, 2.05) is 12.3 Å². The van der Waals surface area contributed by atoms with E-state index in [4.69, 9.17) is 4.74 Å². The van der Waals surface area contributed by atoms with Crippen LogP contribution in [0.2, 0.25) is 0 Å². The Morgan fingerprint density at radius 2 is 2.31 bits per heavy atom. The van der Waals surface area contributed by atoms with Gasteiger partial charge in [-0.15, -0.1) is 11.3 Å². The SMILES string of the molecule is C=C(OCC)c1csc(CCNCCC)n1. The Hall–Kier alpha value is -0.870. The number of hydrogen-bond donors (Lipinski definition) is 1. The van der Waals surface area contributed by atoms with Crippen molar-refractivity contribution in [2.24, 2.45) is 0 Å². The monoisotopic (exact) mass is 240 g/mol. The van der Waals surface area contributed by atoms with Crippen molar-refractivity contribution < 1.29 is 4.74 Å². The van der Waals surface area contributed by atoms with Crippen LogP contribution in [-0.2, 0) is 11.2 Å². The van der Waals surface area contributed by atoms with Gasteiger partial charge in [0.05, 0.1) is 11.6 Å². The van der Waals surface area contributed by atoms with Crippen LogP contribution in [0.3, 0.4) is 0 Å². The minimum atomic E-state index is 0.643. The molecule has 0 atom stereocenters. The van der Waals surface area contributed by atoms with Gasteiger partial charge in [-0.1, -0.05) is 13.5 Å². The zero-order valence-corrected chi connectivity index (χ0v) is 10.9. The molecule has 0 fully saturated rings. The molecular weight excluding hydrogens is 220 g/mol. The van der Waals surface area contributed by atoms with Crippen LogP contribution in [-0.4, -0.2) is 24.7 Å². The van der Waals surface area contributed by atoms with Crippen LogP contribution in [0.25, 0.3) is 5.76 Å². The highest BCUT2D eigenvalue weighted by atomic mass is 32.1. The molecule has 90 valence electrons. The van der Waals surface area contributed by atoms with Gasteiger partial charge in [-0.05, 0) is 19.9 Å². The minimum Gasteiger partial charge on any atom is -0.492 e. The molecule has 0 saturated heterocycles. The van der Waals surface area contributed by atoms with Gasteiger partial charge in [0.25, 0.3) is 0 Å². The minimum absolute atomic E-state index is 0.643. The molecule has 1 aromatic heterocycles. The molecule has 0 bridgehead atoms. The van der Waals surface area contributed by atoms with E-state index in [-0.39, 0.29) is 0 Å². The molecule has 16 heavy (non-hydrogen) atoms. The molecule has 0 amide bonds. The van der Waals surface area contributed by atoms with Crippen LogP contribution < -0.4 is 5.32 Å². The zero-order valence-electron chi connectivity index (χ0n) is 10.1. The molecule has 1 rings (SSSR count). The summed E-state index contributed by atoms with van der Waals surface area (Å²) in [5.41, 5.74) is 0.873. The Bertz CT molecular complexity index is 323. The quantitative estimate of drug-likeness (QED) is 0.560. The van der Waals surface area contributed by atoms with Gasteiger partial charge in [0.2, 0.25) is 0 Å². The summed E-state index contributed by atoms with van der Waals surface area (Å²) < 4.78 is 5.32. The molecule has 1 N–H and O–H groups in total. The molecule has 0 aliphatic carbocycles. The lowest BCUT2D eigenvalue weighted by atomic mass is 10.4. The first kappa shape index (κ1) is 13.2. The van der Waals surface area contributed by atoms with Crippen LogP contribution >= 0.6 is 11.3 Å². The van der Waals surface area contributed by atoms with E-state index in [1.54, 1.807) is 11.3 Å². The topological polar surface area (TPSA) is 34.1 Å². The summed E-state index contributed by atoms with van der Waals surface area (Å²) in [6.07, 6.45) is 2.15. The second kappa shape index (κ2) is 7.41. The zero-order chi connectivity index (χ0) is 11.8. The molecule has 4 heteroatoms. The Morgan fingerprint density at radius 3 is 3.00 bits per heavy atom. The van der Waals surface area contributed by atoms with Gasteiger partial charge in [0.1, 0.15) is 11.5 Å². The maximum atomic E-state index is 5.32. The summed E-state index contributed by atoms with van der Waals surface area (Å²) in [4.78, 5) is 4.48. The first-order valence-corrected chi connectivity index (χ1v) is 6.63. The van der Waals surface area contributed by atoms with E-state index in [2.05, 4.69) is 23.8 Å². The normalized spacial score (nSPS) is 10.4. The maximum absolute atomic E-state index is 5.32. The first-order valence-electron chi connectivity index (χ1n) is 5.75. The van der Waals surface area contributed by atoms with Gasteiger partial charge in [0, 0.05) is 18.3 Å². The summed E-state index contributed by atoms with van der Waals surface area (Å²) in [5, 5.41) is 6.51. The van der Waals surface area contributed by atoms with Crippen LogP contribution in [0.4, 0.5) is 0 Å². The van der Waals surface area contributed by atoms with Gasteiger partial charge in [0.15, 0.2) is 0 Å². The van der Waals surface area contributed by atoms with Crippen molar-refractivity contribution in [2.75, 3.05) is 19.7 Å². The van der Waals surface area contributed by atoms with Crippen molar-refractivity contribution in [3.63, 3.8) is 0 Å². The number of nitrogens with one attached hydrogen (secondary N) is 1. The number of nitrogens with zero attached hydrogens (tertiary/aromatic N) is 1. The third-order valence-corrected chi connectivity index (χ3v) is 3.01. The van der Waals surface area contributed by atoms with Crippen molar-refractivity contribution >= 4 is 17.1 Å². The van der Waals surface area contributed by atoms with Gasteiger partial charge in [-0.3, -0.25) is 0 Å². The highest BCUT2D eigenvalue weighted by Gasteiger charge is 2.05. The predicted octanol–water partition coefficient (Wildman–Crippen LogP) is 2.69. The van der Waals surface area contributed by atoms with Crippen LogP contribution in [0.1, 0.15) is 31.0 Å². The maximum Gasteiger partial charge on any atom is 0.138 e. The molecule has 0 saturated carbocycles. The number of rotatable bonds is 8. The molecule has 0 spiro atoms. The second-order valence-electron chi connectivity index (χ2n) is 3.48. The van der Waals surface area contributed by atoms with Gasteiger partial charge >= 0.3 is 0 Å². The summed E-state index contributed by atoms with van der Waals surface area (Å²) >= 11 is 1.67. The van der Waals surface area contributed by atoms with E-state index in [0.717, 1.165) is 30.2 Å². The second-order valence-corrected chi connectivity index (χ2v) is 4.43. The lowest BCUT2D eigenvalue weighted by Crippen LogP contribution is -2.17. The third kappa shape index (κ3) is 4.33. The van der Waals surface area contributed by atoms with Crippen LogP contribution in [0.5, 0.6) is 0 Å². The molecule has 0 unspecified atom stereocenters. The highest BCUT2D eigenvalue weighted by Crippen LogP contribution is 2.17. The Labute approximate surface area is 102 Å². The smallest absolute Gasteiger partial charge is 0.138 e. The molecule has 0 aliphatic rings. The molecule has 0 aliphatic heterocycles. The number of hydrogen-bond acceptors (Lipinski definition) is 4. The fraction of sp³-hybridized carbons (Fsp3) is 0.583. The fourth-order valence-corrected chi connectivity index (χ4v) is 2.10. The van der Waals surface area contributed by atoms with Crippen molar-refractivity contribution in [2.45, 2.75) is 26.7 Å². The van der Waals surface area contributed by atoms with Gasteiger partial charge in [-0.2, -0.15) is 0 Å². The van der Waals surface area contributed by atoms with E-state index in [9.17, 15) is 0 Å². The molecule has 3 nitrogen and oxygen atoms in total. The Balaban J connectivity index is 2.36. The van der Waals surface area contributed by atoms with Crippen molar-refractivity contribution in [1.82, 2.24) is 10.3 Å². The largest absolute Gasteiger partial charge is 0.492 e. The summed E-state index contributed by atoms with van der Waals surface area (Å²) in [5.74, 6) is 0.673. The summed E-state index contributed by atoms with van der Waals surface area (Å²) in [7, 11) is 0. The van der Waals surface area contributed by atoms with E-state index >= 15 is 0 Å². The van der Waals surface area contributed by atoms with E-state index in [0.29, 0.717) is 12.4 Å². The summed E-state index contributed by atoms with van der Waals surface area (Å²) in [6, 6.07) is 0. The molecule has 0 aromatic carbocycles. The fourth-order valence-electron chi connectivity index (χ4n) is 1.30. The Morgan fingerprint density at radius 1 is 1.50 bits per heavy atom. The lowest BCUT2D eigenvalue weighted by molar-refractivity contribution is 0.298. The van der Waals surface area contributed by atoms with Crippen molar-refractivity contribution in [3.05, 3.63) is 22.7 Å². The number of thiazole rings is 1. The standard InChI is InChI=1S/C12H20N2OS/c1-4-7-13-8-6-12-14-11(9-16-12)10(3)15-5-2/h9,13H,3-8H2,1-2H3. The van der Waals surface area contributed by atoms with Gasteiger partial charge in [-0.25, -0.2) is 4.98 Å².